The van der Waals surface area contributed by atoms with Crippen LogP contribution >= 0.6 is 22.9 Å². The summed E-state index contributed by atoms with van der Waals surface area (Å²) in [5.41, 5.74) is 0.656. The van der Waals surface area contributed by atoms with Gasteiger partial charge in [0.05, 0.1) is 23.2 Å². The molecule has 0 bridgehead atoms. The number of aliphatic hydroxyl groups excluding tert-OH is 1. The van der Waals surface area contributed by atoms with E-state index in [0.717, 1.165) is 13.0 Å². The predicted octanol–water partition coefficient (Wildman–Crippen LogP) is 3.10. The molecule has 18 heavy (non-hydrogen) atoms. The van der Waals surface area contributed by atoms with Crippen LogP contribution in [0.25, 0.3) is 0 Å². The van der Waals surface area contributed by atoms with Crippen LogP contribution in [0.1, 0.15) is 30.0 Å². The maximum Gasteiger partial charge on any atom is 0.163 e. The van der Waals surface area contributed by atoms with Gasteiger partial charge in [-0.25, -0.2) is 0 Å². The van der Waals surface area contributed by atoms with E-state index in [4.69, 9.17) is 16.3 Å². The van der Waals surface area contributed by atoms with Crippen LogP contribution in [0.5, 0.6) is 5.75 Å². The summed E-state index contributed by atoms with van der Waals surface area (Å²) in [5.74, 6) is 0.584. The molecular formula is C12H15ClN2O2S. The number of methoxy groups -OCH3 is 1. The van der Waals surface area contributed by atoms with Gasteiger partial charge in [-0.3, -0.25) is 4.68 Å². The molecule has 0 spiro atoms. The van der Waals surface area contributed by atoms with E-state index in [1.165, 1.54) is 11.3 Å². The molecule has 0 saturated heterocycles. The van der Waals surface area contributed by atoms with Gasteiger partial charge in [-0.1, -0.05) is 18.5 Å². The Morgan fingerprint density at radius 1 is 1.61 bits per heavy atom. The SMILES string of the molecule is CCCn1ncc(OC)c1C(O)c1sccc1Cl. The average molecular weight is 287 g/mol. The van der Waals surface area contributed by atoms with Crippen molar-refractivity contribution in [1.82, 2.24) is 9.78 Å². The van der Waals surface area contributed by atoms with Crippen molar-refractivity contribution in [3.63, 3.8) is 0 Å². The predicted molar refractivity (Wildman–Crippen MR) is 72.5 cm³/mol. The molecule has 0 aromatic carbocycles. The van der Waals surface area contributed by atoms with Gasteiger partial charge >= 0.3 is 0 Å². The van der Waals surface area contributed by atoms with Crippen molar-refractivity contribution in [2.45, 2.75) is 26.0 Å². The van der Waals surface area contributed by atoms with E-state index < -0.39 is 6.10 Å². The lowest BCUT2D eigenvalue weighted by Crippen LogP contribution is -2.10. The second kappa shape index (κ2) is 5.73. The summed E-state index contributed by atoms with van der Waals surface area (Å²) in [6, 6.07) is 1.78. The fourth-order valence-electron chi connectivity index (χ4n) is 1.83. The molecule has 2 heterocycles. The Bertz CT molecular complexity index is 524. The minimum Gasteiger partial charge on any atom is -0.493 e. The van der Waals surface area contributed by atoms with E-state index in [1.54, 1.807) is 24.1 Å². The normalized spacial score (nSPS) is 12.7. The van der Waals surface area contributed by atoms with Crippen LogP contribution in [-0.2, 0) is 6.54 Å². The standard InChI is InChI=1S/C12H15ClN2O2S/c1-3-5-15-10(9(17-2)7-14-15)11(16)12-8(13)4-6-18-12/h4,6-7,11,16H,3,5H2,1-2H3. The van der Waals surface area contributed by atoms with Crippen LogP contribution in [0.2, 0.25) is 5.02 Å². The number of ether oxygens (including phenoxy) is 1. The van der Waals surface area contributed by atoms with Crippen LogP contribution in [0.15, 0.2) is 17.6 Å². The Labute approximate surface area is 115 Å². The highest BCUT2D eigenvalue weighted by Crippen LogP contribution is 2.36. The van der Waals surface area contributed by atoms with Crippen LogP contribution in [-0.4, -0.2) is 22.0 Å². The van der Waals surface area contributed by atoms with Crippen molar-refractivity contribution < 1.29 is 9.84 Å². The molecule has 0 saturated carbocycles. The van der Waals surface area contributed by atoms with Crippen LogP contribution < -0.4 is 4.74 Å². The van der Waals surface area contributed by atoms with Crippen LogP contribution in [0, 0.1) is 0 Å². The van der Waals surface area contributed by atoms with Crippen LogP contribution in [0.4, 0.5) is 0 Å². The number of halogens is 1. The largest absolute Gasteiger partial charge is 0.493 e. The minimum absolute atomic E-state index is 0.568. The zero-order valence-electron chi connectivity index (χ0n) is 10.3. The summed E-state index contributed by atoms with van der Waals surface area (Å²) in [5, 5.41) is 17.1. The third kappa shape index (κ3) is 2.39. The van der Waals surface area contributed by atoms with Gasteiger partial charge in [0.25, 0.3) is 0 Å². The Kier molecular flexibility index (Phi) is 4.27. The first-order valence-corrected chi connectivity index (χ1v) is 6.95. The number of aromatic nitrogens is 2. The number of aliphatic hydroxyl groups is 1. The van der Waals surface area contributed by atoms with Gasteiger partial charge in [0.1, 0.15) is 11.8 Å². The second-order valence-electron chi connectivity index (χ2n) is 3.86. The molecule has 1 unspecified atom stereocenters. The molecule has 4 nitrogen and oxygen atoms in total. The van der Waals surface area contributed by atoms with E-state index in [-0.39, 0.29) is 0 Å². The molecule has 98 valence electrons. The van der Waals surface area contributed by atoms with Gasteiger partial charge in [0, 0.05) is 6.54 Å². The molecule has 1 atom stereocenters. The highest BCUT2D eigenvalue weighted by molar-refractivity contribution is 7.10. The van der Waals surface area contributed by atoms with E-state index in [2.05, 4.69) is 12.0 Å². The molecule has 6 heteroatoms. The van der Waals surface area contributed by atoms with Crippen LogP contribution in [0.3, 0.4) is 0 Å². The zero-order valence-corrected chi connectivity index (χ0v) is 11.8. The molecule has 2 rings (SSSR count). The Morgan fingerprint density at radius 2 is 2.39 bits per heavy atom. The van der Waals surface area contributed by atoms with E-state index in [9.17, 15) is 5.11 Å². The lowest BCUT2D eigenvalue weighted by atomic mass is 10.2. The minimum atomic E-state index is -0.804. The zero-order chi connectivity index (χ0) is 13.1. The van der Waals surface area contributed by atoms with Gasteiger partial charge in [-0.05, 0) is 17.9 Å². The van der Waals surface area contributed by atoms with Gasteiger partial charge in [0.15, 0.2) is 5.75 Å². The maximum absolute atomic E-state index is 10.5. The average Bonchev–Trinajstić information content (AvgIpc) is 2.95. The Hall–Kier alpha value is -1.04. The number of aryl methyl sites for hydroxylation is 1. The van der Waals surface area contributed by atoms with Crippen molar-refractivity contribution >= 4 is 22.9 Å². The molecule has 0 radical (unpaired) electrons. The van der Waals surface area contributed by atoms with Gasteiger partial charge in [-0.15, -0.1) is 11.3 Å². The maximum atomic E-state index is 10.5. The number of hydrogen-bond acceptors (Lipinski definition) is 4. The summed E-state index contributed by atoms with van der Waals surface area (Å²) < 4.78 is 7.01. The molecular weight excluding hydrogens is 272 g/mol. The second-order valence-corrected chi connectivity index (χ2v) is 5.21. The fourth-order valence-corrected chi connectivity index (χ4v) is 2.97. The summed E-state index contributed by atoms with van der Waals surface area (Å²) >= 11 is 7.48. The van der Waals surface area contributed by atoms with Gasteiger partial charge in [0.2, 0.25) is 0 Å². The van der Waals surface area contributed by atoms with E-state index in [1.807, 2.05) is 5.38 Å². The fraction of sp³-hybridized carbons (Fsp3) is 0.417. The van der Waals surface area contributed by atoms with Crippen molar-refractivity contribution in [2.75, 3.05) is 7.11 Å². The summed E-state index contributed by atoms with van der Waals surface area (Å²) in [4.78, 5) is 0.716. The van der Waals surface area contributed by atoms with E-state index in [0.29, 0.717) is 21.3 Å². The highest BCUT2D eigenvalue weighted by Gasteiger charge is 2.24. The number of rotatable bonds is 5. The molecule has 0 amide bonds. The number of nitrogens with zero attached hydrogens (tertiary/aromatic N) is 2. The molecule has 0 aliphatic carbocycles. The first-order chi connectivity index (χ1) is 8.69. The topological polar surface area (TPSA) is 47.3 Å². The quantitative estimate of drug-likeness (QED) is 0.919. The lowest BCUT2D eigenvalue weighted by molar-refractivity contribution is 0.205. The molecule has 0 aliphatic heterocycles. The molecule has 0 aliphatic rings. The number of hydrogen-bond donors (Lipinski definition) is 1. The molecule has 0 fully saturated rings. The van der Waals surface area contributed by atoms with Crippen molar-refractivity contribution in [3.05, 3.63) is 33.2 Å². The Balaban J connectivity index is 2.42. The molecule has 2 aromatic rings. The summed E-state index contributed by atoms with van der Waals surface area (Å²) in [6.45, 7) is 2.79. The summed E-state index contributed by atoms with van der Waals surface area (Å²) in [6.07, 6.45) is 1.75. The summed E-state index contributed by atoms with van der Waals surface area (Å²) in [7, 11) is 1.57. The monoisotopic (exact) mass is 286 g/mol. The third-order valence-corrected chi connectivity index (χ3v) is 4.06. The smallest absolute Gasteiger partial charge is 0.163 e. The first-order valence-electron chi connectivity index (χ1n) is 5.69. The molecule has 1 N–H and O–H groups in total. The van der Waals surface area contributed by atoms with Crippen molar-refractivity contribution in [3.8, 4) is 5.75 Å². The first kappa shape index (κ1) is 13.4. The lowest BCUT2D eigenvalue weighted by Gasteiger charge is -2.14. The Morgan fingerprint density at radius 3 is 2.94 bits per heavy atom. The van der Waals surface area contributed by atoms with Crippen molar-refractivity contribution in [1.29, 1.82) is 0 Å². The number of thiophene rings is 1. The molecule has 2 aromatic heterocycles. The highest BCUT2D eigenvalue weighted by atomic mass is 35.5. The van der Waals surface area contributed by atoms with E-state index >= 15 is 0 Å². The van der Waals surface area contributed by atoms with Gasteiger partial charge < -0.3 is 9.84 Å². The van der Waals surface area contributed by atoms with Gasteiger partial charge in [-0.2, -0.15) is 5.10 Å². The third-order valence-electron chi connectivity index (χ3n) is 2.65. The van der Waals surface area contributed by atoms with Crippen molar-refractivity contribution in [2.24, 2.45) is 0 Å².